The molecular weight excluding hydrogens is 1810 g/mol. The molecule has 0 radical (unpaired) electrons. The van der Waals surface area contributed by atoms with Gasteiger partial charge in [-0.15, -0.1) is 5.60 Å². The maximum atomic E-state index is 12.1. The zero-order chi connectivity index (χ0) is 92.2. The van der Waals surface area contributed by atoms with Gasteiger partial charge in [0.2, 0.25) is 67.9 Å². The van der Waals surface area contributed by atoms with E-state index >= 15 is 0 Å². The van der Waals surface area contributed by atoms with Gasteiger partial charge in [0.15, 0.2) is 115 Å². The number of aliphatic hydroxyl groups is 1. The third-order valence-electron chi connectivity index (χ3n) is 29.2. The standard InChI is InChI=1S/C21H21NO7S.C20H19NO5.C20H19NO4.C20H17NO4.C20H15NO4.C4H9O.CH4.K/c1-22-8-14-12(3-4-15-21(14)28-10-25-15)19-18(29-30(2,23)24)6-11-5-16-17(27-9-26-16)7-13(11)20(19)22;1-21-7-13-11(2-3-15-20(13)26-9-23-15)18-14(22)4-10-5-16-17(25-8-24-16)6-12(10)19(18)21;3*1-21-8-15-12(4-5-16-20(15)25-10-22-16)13-3-2-11-6-17-18(24-9-23-17)7-14(11)19(13)21;1-4(2,3)5;;/h3-5,7,18-20H,6,8-10H2,1-2H3;2-3,5-6,14,18-19,22H,4,7-9H2,1H3;4-7,13,19H,2-3,8-10H2,1H3;3-7,19H,2,8-10H2,1H3;2-7H,8-10H2,1H3;1-3H3;1H4;/q;;;;;-1;;+1/t18-,19-,20+;14-,18-,19+;13-,19+;19-;;;;/m0010..../s1. The second kappa shape index (κ2) is 35.1. The van der Waals surface area contributed by atoms with Crippen LogP contribution in [0.2, 0.25) is 0 Å². The predicted molar refractivity (Wildman–Crippen MR) is 499 cm³/mol. The van der Waals surface area contributed by atoms with Gasteiger partial charge in [0.25, 0.3) is 10.1 Å². The fraction of sp³-hybridized carbons (Fsp3) is 0.377. The van der Waals surface area contributed by atoms with E-state index in [1.54, 1.807) is 20.8 Å². The molecule has 32 heteroatoms. The molecule has 30 rings (SSSR count). The Balaban J connectivity index is 0.0000000952. The van der Waals surface area contributed by atoms with Gasteiger partial charge in [-0.1, -0.05) is 70.7 Å². The van der Waals surface area contributed by atoms with Gasteiger partial charge in [-0.25, -0.2) is 0 Å². The van der Waals surface area contributed by atoms with Crippen LogP contribution in [0, 0.1) is 0 Å². The number of aliphatic hydroxyl groups excluding tert-OH is 1. The number of hydrogen-bond donors (Lipinski definition) is 1. The molecule has 1 N–H and O–H groups in total. The largest absolute Gasteiger partial charge is 1.00 e. The summed E-state index contributed by atoms with van der Waals surface area (Å²) in [6.45, 7) is 11.6. The van der Waals surface area contributed by atoms with Crippen molar-refractivity contribution in [3.8, 4) is 126 Å². The van der Waals surface area contributed by atoms with Gasteiger partial charge in [-0.3, -0.25) is 23.8 Å². The average molecular weight is 1920 g/mol. The molecule has 30 nitrogen and oxygen atoms in total. The Kier molecular flexibility index (Phi) is 23.0. The first-order valence-electron chi connectivity index (χ1n) is 46.1. The molecule has 0 fully saturated rings. The number of nitrogens with zero attached hydrogens (tertiary/aromatic N) is 5. The van der Waals surface area contributed by atoms with Crippen molar-refractivity contribution in [3.63, 3.8) is 0 Å². The number of ether oxygens (including phenoxy) is 20. The third kappa shape index (κ3) is 15.6. The van der Waals surface area contributed by atoms with Gasteiger partial charge >= 0.3 is 51.4 Å². The predicted octanol–water partition coefficient (Wildman–Crippen LogP) is 13.0. The number of likely N-dealkylation sites (N-methyl/N-ethyl adjacent to an activating group) is 4. The maximum absolute atomic E-state index is 12.1. The van der Waals surface area contributed by atoms with Crippen molar-refractivity contribution in [2.24, 2.45) is 0 Å². The Morgan fingerprint density at radius 1 is 0.377 bits per heavy atom. The molecule has 15 heterocycles. The third-order valence-corrected chi connectivity index (χ3v) is 29.8. The molecule has 11 aromatic carbocycles. The van der Waals surface area contributed by atoms with Crippen LogP contribution in [-0.2, 0) is 72.7 Å². The Hall–Kier alpha value is -11.5. The van der Waals surface area contributed by atoms with Crippen molar-refractivity contribution in [2.75, 3.05) is 114 Å². The fourth-order valence-corrected chi connectivity index (χ4v) is 24.4. The monoisotopic (exact) mass is 1920 g/mol. The van der Waals surface area contributed by atoms with Crippen molar-refractivity contribution >= 4 is 32.2 Å². The van der Waals surface area contributed by atoms with E-state index in [1.807, 2.05) is 55.6 Å². The van der Waals surface area contributed by atoms with Gasteiger partial charge in [0.1, 0.15) is 0 Å². The summed E-state index contributed by atoms with van der Waals surface area (Å²) in [6, 6.07) is 46.5. The number of fused-ring (bicyclic) bond motifs is 40. The Morgan fingerprint density at radius 2 is 0.746 bits per heavy atom. The van der Waals surface area contributed by atoms with Crippen molar-refractivity contribution < 1.29 is 169 Å². The zero-order valence-electron chi connectivity index (χ0n) is 77.5. The van der Waals surface area contributed by atoms with Gasteiger partial charge in [0.05, 0.1) is 30.2 Å². The van der Waals surface area contributed by atoms with E-state index in [-0.39, 0.29) is 123 Å². The SMILES string of the molecule is C.CC(C)(C)[O-].CN1Cc2c(ccc3c2OCO3)-c2ccc3cc4c(cc3c21)OCO4.CN1Cc2c(ccc3c2OCO3)C2=CCc3cc4c(cc3[C@H]21)OCO4.CN1Cc2c(ccc3c2OCO3)[C@@H]2[C@H]1c1cc3c(cc1C[C@@H]2O)OCO3.CN1Cc2c(ccc3c2OCO3)[C@H]2CCc3cc4c(cc3[C@H]21)OCO4.CN1Cc2c(ccc3c2OCO3)[C@H]2[C@@H](OS(C)(=O)=O)Cc3cc4c(cc3[C@H]21)OCO4.[K+]. The molecule has 0 bridgehead atoms. The van der Waals surface area contributed by atoms with Crippen LogP contribution in [0.25, 0.3) is 27.5 Å². The molecule has 15 aliphatic heterocycles. The first-order chi connectivity index (χ1) is 66.0. The Bertz CT molecular complexity index is 6980. The van der Waals surface area contributed by atoms with Crippen LogP contribution >= 0.6 is 0 Å². The molecular formula is C106H104KN5O25S. The average Bonchev–Trinajstić information content (AvgIpc) is 1.42. The molecule has 138 heavy (non-hydrogen) atoms. The number of rotatable bonds is 2. The van der Waals surface area contributed by atoms with Crippen LogP contribution < -0.4 is 156 Å². The fourth-order valence-electron chi connectivity index (χ4n) is 23.7. The van der Waals surface area contributed by atoms with Crippen molar-refractivity contribution in [1.29, 1.82) is 0 Å². The van der Waals surface area contributed by atoms with Crippen LogP contribution in [0.1, 0.15) is 171 Å². The zero-order valence-corrected chi connectivity index (χ0v) is 81.4. The van der Waals surface area contributed by atoms with E-state index < -0.39 is 27.9 Å². The number of hydrogen-bond acceptors (Lipinski definition) is 30. The molecule has 0 aromatic heterocycles. The first kappa shape index (κ1) is 90.4. The minimum atomic E-state index is -3.65. The maximum Gasteiger partial charge on any atom is 1.00 e. The molecule has 0 saturated carbocycles. The number of allylic oxidation sites excluding steroid dienone is 1. The van der Waals surface area contributed by atoms with E-state index in [0.717, 1.165) is 205 Å². The molecule has 9 atom stereocenters. The minimum Gasteiger partial charge on any atom is -0.850 e. The summed E-state index contributed by atoms with van der Waals surface area (Å²) < 4.78 is 142. The van der Waals surface area contributed by atoms with E-state index in [1.165, 1.54) is 83.4 Å². The molecule has 710 valence electrons. The molecule has 4 aliphatic carbocycles. The van der Waals surface area contributed by atoms with Gasteiger partial charge < -0.3 is 110 Å². The van der Waals surface area contributed by atoms with E-state index in [4.69, 9.17) is 98.9 Å². The summed E-state index contributed by atoms with van der Waals surface area (Å²) in [4.78, 5) is 11.6. The minimum absolute atomic E-state index is 0. The Labute approximate surface area is 841 Å². The summed E-state index contributed by atoms with van der Waals surface area (Å²) in [5.41, 5.74) is 24.8. The number of aryl methyl sites for hydroxylation is 1. The normalized spacial score (nSPS) is 22.8. The second-order valence-corrected chi connectivity index (χ2v) is 40.1. The van der Waals surface area contributed by atoms with Crippen molar-refractivity contribution in [2.45, 2.75) is 153 Å². The summed E-state index contributed by atoms with van der Waals surface area (Å²) in [5, 5.41) is 23.5. The summed E-state index contributed by atoms with van der Waals surface area (Å²) in [6.07, 6.45) is 6.60. The van der Waals surface area contributed by atoms with Crippen LogP contribution in [0.4, 0.5) is 5.69 Å². The van der Waals surface area contributed by atoms with E-state index in [9.17, 15) is 18.6 Å². The summed E-state index contributed by atoms with van der Waals surface area (Å²) in [5.74, 6) is 16.7. The van der Waals surface area contributed by atoms with Crippen LogP contribution in [0.5, 0.6) is 115 Å². The van der Waals surface area contributed by atoms with Gasteiger partial charge in [0, 0.05) is 121 Å². The number of anilines is 1. The topological polar surface area (TPSA) is 287 Å². The second-order valence-electron chi connectivity index (χ2n) is 38.5. The quantitative estimate of drug-likeness (QED) is 0.124. The van der Waals surface area contributed by atoms with Crippen LogP contribution in [0.15, 0.2) is 140 Å². The smallest absolute Gasteiger partial charge is 0.850 e. The Morgan fingerprint density at radius 3 is 1.26 bits per heavy atom. The first-order valence-corrected chi connectivity index (χ1v) is 47.9. The summed E-state index contributed by atoms with van der Waals surface area (Å²) >= 11 is 0. The molecule has 0 amide bonds. The molecule has 19 aliphatic rings. The van der Waals surface area contributed by atoms with E-state index in [0.29, 0.717) is 71.1 Å². The van der Waals surface area contributed by atoms with E-state index in [2.05, 4.69) is 144 Å². The van der Waals surface area contributed by atoms with Crippen molar-refractivity contribution in [1.82, 2.24) is 19.6 Å². The summed E-state index contributed by atoms with van der Waals surface area (Å²) in [7, 11) is 6.96. The molecule has 11 aromatic rings. The van der Waals surface area contributed by atoms with Crippen LogP contribution in [-0.4, -0.2) is 160 Å². The van der Waals surface area contributed by atoms with Gasteiger partial charge in [-0.05, 0) is 234 Å². The molecule has 0 spiro atoms. The van der Waals surface area contributed by atoms with Crippen LogP contribution in [0.3, 0.4) is 0 Å². The number of benzene rings is 11. The van der Waals surface area contributed by atoms with Crippen molar-refractivity contribution in [3.05, 3.63) is 234 Å². The van der Waals surface area contributed by atoms with Gasteiger partial charge in [-0.2, -0.15) is 8.42 Å². The molecule has 0 unspecified atom stereocenters. The molecule has 0 saturated heterocycles.